The van der Waals surface area contributed by atoms with Gasteiger partial charge < -0.3 is 15.0 Å². The zero-order chi connectivity index (χ0) is 16.9. The highest BCUT2D eigenvalue weighted by Crippen LogP contribution is 2.23. The van der Waals surface area contributed by atoms with Gasteiger partial charge >= 0.3 is 0 Å². The molecule has 0 radical (unpaired) electrons. The molecule has 3 rings (SSSR count). The van der Waals surface area contributed by atoms with Gasteiger partial charge in [0.05, 0.1) is 6.61 Å². The number of para-hydroxylation sites is 1. The fourth-order valence-corrected chi connectivity index (χ4v) is 3.23. The summed E-state index contributed by atoms with van der Waals surface area (Å²) >= 11 is 6.11. The van der Waals surface area contributed by atoms with Gasteiger partial charge in [-0.1, -0.05) is 48.9 Å². The van der Waals surface area contributed by atoms with Crippen LogP contribution in [0, 0.1) is 0 Å². The Hall–Kier alpha value is -1.81. The van der Waals surface area contributed by atoms with E-state index in [9.17, 15) is 5.11 Å². The van der Waals surface area contributed by atoms with Crippen molar-refractivity contribution < 1.29 is 5.11 Å². The molecule has 0 aliphatic heterocycles. The van der Waals surface area contributed by atoms with Gasteiger partial charge in [-0.3, -0.25) is 0 Å². The first-order chi connectivity index (χ1) is 11.7. The molecular weight excluding hydrogens is 320 g/mol. The van der Waals surface area contributed by atoms with Crippen molar-refractivity contribution in [1.29, 1.82) is 0 Å². The molecule has 4 heteroatoms. The zero-order valence-electron chi connectivity index (χ0n) is 13.9. The summed E-state index contributed by atoms with van der Waals surface area (Å²) in [5.41, 5.74) is 3.65. The first-order valence-electron chi connectivity index (χ1n) is 8.36. The minimum Gasteiger partial charge on any atom is -0.395 e. The first kappa shape index (κ1) is 17.0. The van der Waals surface area contributed by atoms with Crippen LogP contribution in [0.1, 0.15) is 24.5 Å². The number of aromatic nitrogens is 1. The molecule has 0 spiro atoms. The molecule has 1 heterocycles. The summed E-state index contributed by atoms with van der Waals surface area (Å²) in [4.78, 5) is 0. The number of halogens is 1. The van der Waals surface area contributed by atoms with E-state index in [-0.39, 0.29) is 12.6 Å². The number of nitrogens with one attached hydrogen (secondary N) is 1. The number of hydrogen-bond donors (Lipinski definition) is 2. The molecule has 0 saturated heterocycles. The Morgan fingerprint density at radius 1 is 1.17 bits per heavy atom. The molecule has 0 aliphatic carbocycles. The van der Waals surface area contributed by atoms with Gasteiger partial charge in [0.25, 0.3) is 0 Å². The van der Waals surface area contributed by atoms with Crippen LogP contribution in [0.15, 0.2) is 54.7 Å². The van der Waals surface area contributed by atoms with Crippen LogP contribution in [0.5, 0.6) is 0 Å². The second kappa shape index (κ2) is 7.84. The highest BCUT2D eigenvalue weighted by Gasteiger charge is 2.10. The zero-order valence-corrected chi connectivity index (χ0v) is 14.6. The van der Waals surface area contributed by atoms with Crippen LogP contribution >= 0.6 is 11.6 Å². The van der Waals surface area contributed by atoms with Gasteiger partial charge in [-0.25, -0.2) is 0 Å². The number of hydrogen-bond acceptors (Lipinski definition) is 2. The minimum absolute atomic E-state index is 0.139. The van der Waals surface area contributed by atoms with Crippen molar-refractivity contribution in [1.82, 2.24) is 9.88 Å². The number of aliphatic hydroxyl groups excluding tert-OH is 1. The van der Waals surface area contributed by atoms with Crippen LogP contribution < -0.4 is 5.32 Å². The summed E-state index contributed by atoms with van der Waals surface area (Å²) in [6.07, 6.45) is 3.11. The van der Waals surface area contributed by atoms with E-state index in [2.05, 4.69) is 53.3 Å². The van der Waals surface area contributed by atoms with Crippen LogP contribution in [0.4, 0.5) is 0 Å². The lowest BCUT2D eigenvalue weighted by Crippen LogP contribution is -2.31. The molecular formula is C20H23ClN2O. The summed E-state index contributed by atoms with van der Waals surface area (Å²) in [5, 5.41) is 14.8. The number of rotatable bonds is 7. The van der Waals surface area contributed by atoms with Crippen LogP contribution in [-0.2, 0) is 13.1 Å². The molecule has 0 aliphatic rings. The molecule has 1 atom stereocenters. The van der Waals surface area contributed by atoms with Crippen molar-refractivity contribution in [2.45, 2.75) is 32.5 Å². The van der Waals surface area contributed by atoms with Gasteiger partial charge in [0.15, 0.2) is 0 Å². The van der Waals surface area contributed by atoms with Gasteiger partial charge in [0.2, 0.25) is 0 Å². The van der Waals surface area contributed by atoms with Crippen molar-refractivity contribution in [2.75, 3.05) is 6.61 Å². The third-order valence-corrected chi connectivity index (χ3v) is 4.64. The van der Waals surface area contributed by atoms with E-state index >= 15 is 0 Å². The maximum absolute atomic E-state index is 9.36. The predicted octanol–water partition coefficient (Wildman–Crippen LogP) is 4.20. The molecule has 2 N–H and O–H groups in total. The topological polar surface area (TPSA) is 37.2 Å². The molecule has 126 valence electrons. The molecule has 0 bridgehead atoms. The lowest BCUT2D eigenvalue weighted by atomic mass is 10.1. The SMILES string of the molecule is CC[C@H](CO)NCc1cn(Cc2cccc(Cl)c2)c2ccccc12. The number of aliphatic hydroxyl groups is 1. The van der Waals surface area contributed by atoms with Gasteiger partial charge in [-0.15, -0.1) is 0 Å². The van der Waals surface area contributed by atoms with Crippen LogP contribution in [-0.4, -0.2) is 22.3 Å². The smallest absolute Gasteiger partial charge is 0.0584 e. The Kier molecular flexibility index (Phi) is 5.56. The molecule has 0 unspecified atom stereocenters. The van der Waals surface area contributed by atoms with Crippen LogP contribution in [0.3, 0.4) is 0 Å². The van der Waals surface area contributed by atoms with Crippen molar-refractivity contribution in [3.8, 4) is 0 Å². The van der Waals surface area contributed by atoms with Gasteiger partial charge in [-0.2, -0.15) is 0 Å². The summed E-state index contributed by atoms with van der Waals surface area (Å²) in [6.45, 7) is 3.79. The Labute approximate surface area is 147 Å². The van der Waals surface area contributed by atoms with E-state index in [1.807, 2.05) is 18.2 Å². The van der Waals surface area contributed by atoms with E-state index in [0.717, 1.165) is 24.5 Å². The fourth-order valence-electron chi connectivity index (χ4n) is 3.02. The monoisotopic (exact) mass is 342 g/mol. The van der Waals surface area contributed by atoms with Crippen molar-refractivity contribution in [3.63, 3.8) is 0 Å². The normalized spacial score (nSPS) is 12.6. The summed E-state index contributed by atoms with van der Waals surface area (Å²) in [5.74, 6) is 0. The Morgan fingerprint density at radius 2 is 2.00 bits per heavy atom. The lowest BCUT2D eigenvalue weighted by molar-refractivity contribution is 0.238. The second-order valence-electron chi connectivity index (χ2n) is 6.10. The second-order valence-corrected chi connectivity index (χ2v) is 6.53. The highest BCUT2D eigenvalue weighted by atomic mass is 35.5. The van der Waals surface area contributed by atoms with E-state index in [4.69, 9.17) is 11.6 Å². The van der Waals surface area contributed by atoms with Crippen molar-refractivity contribution >= 4 is 22.5 Å². The Morgan fingerprint density at radius 3 is 2.75 bits per heavy atom. The maximum atomic E-state index is 9.36. The quantitative estimate of drug-likeness (QED) is 0.675. The van der Waals surface area contributed by atoms with Crippen LogP contribution in [0.25, 0.3) is 10.9 Å². The third kappa shape index (κ3) is 3.81. The van der Waals surface area contributed by atoms with E-state index < -0.39 is 0 Å². The van der Waals surface area contributed by atoms with E-state index in [1.165, 1.54) is 22.0 Å². The van der Waals surface area contributed by atoms with Crippen LogP contribution in [0.2, 0.25) is 5.02 Å². The summed E-state index contributed by atoms with van der Waals surface area (Å²) in [7, 11) is 0. The minimum atomic E-state index is 0.139. The third-order valence-electron chi connectivity index (χ3n) is 4.41. The fraction of sp³-hybridized carbons (Fsp3) is 0.300. The molecule has 24 heavy (non-hydrogen) atoms. The molecule has 0 saturated carbocycles. The van der Waals surface area contributed by atoms with Crippen molar-refractivity contribution in [3.05, 3.63) is 70.9 Å². The standard InChI is InChI=1S/C20H23ClN2O/c1-2-18(14-24)22-11-16-13-23(20-9-4-3-8-19(16)20)12-15-6-5-7-17(21)10-15/h3-10,13,18,22,24H,2,11-12,14H2,1H3/t18-/m1/s1. The maximum Gasteiger partial charge on any atom is 0.0584 e. The van der Waals surface area contributed by atoms with Crippen molar-refractivity contribution in [2.24, 2.45) is 0 Å². The molecule has 0 fully saturated rings. The van der Waals surface area contributed by atoms with Gasteiger partial charge in [0.1, 0.15) is 0 Å². The number of nitrogens with zero attached hydrogens (tertiary/aromatic N) is 1. The molecule has 2 aromatic carbocycles. The average Bonchev–Trinajstić information content (AvgIpc) is 2.94. The Balaban J connectivity index is 1.88. The summed E-state index contributed by atoms with van der Waals surface area (Å²) < 4.78 is 2.26. The molecule has 0 amide bonds. The lowest BCUT2D eigenvalue weighted by Gasteiger charge is -2.13. The van der Waals surface area contributed by atoms with E-state index in [1.54, 1.807) is 0 Å². The number of benzene rings is 2. The average molecular weight is 343 g/mol. The molecule has 1 aromatic heterocycles. The van der Waals surface area contributed by atoms with E-state index in [0.29, 0.717) is 0 Å². The highest BCUT2D eigenvalue weighted by molar-refractivity contribution is 6.30. The first-order valence-corrected chi connectivity index (χ1v) is 8.74. The van der Waals surface area contributed by atoms with Gasteiger partial charge in [-0.05, 0) is 35.7 Å². The predicted molar refractivity (Wildman–Crippen MR) is 100 cm³/mol. The molecule has 3 nitrogen and oxygen atoms in total. The largest absolute Gasteiger partial charge is 0.395 e. The molecule has 3 aromatic rings. The summed E-state index contributed by atoms with van der Waals surface area (Å²) in [6, 6.07) is 16.6. The number of fused-ring (bicyclic) bond motifs is 1. The Bertz CT molecular complexity index is 808. The van der Waals surface area contributed by atoms with Gasteiger partial charge in [0, 0.05) is 41.3 Å².